The predicted octanol–water partition coefficient (Wildman–Crippen LogP) is 1.37. The molecule has 1 aromatic heterocycles. The van der Waals surface area contributed by atoms with Gasteiger partial charge in [-0.1, -0.05) is 0 Å². The summed E-state index contributed by atoms with van der Waals surface area (Å²) in [5.41, 5.74) is 1.53. The Morgan fingerprint density at radius 3 is 2.77 bits per heavy atom. The van der Waals surface area contributed by atoms with Gasteiger partial charge in [-0.25, -0.2) is 4.79 Å². The molecular formula is C8H8INO3. The highest BCUT2D eigenvalue weighted by molar-refractivity contribution is 14.1. The van der Waals surface area contributed by atoms with Crippen LogP contribution in [0, 0.1) is 10.6 Å². The molecule has 4 nitrogen and oxygen atoms in total. The zero-order chi connectivity index (χ0) is 10.0. The van der Waals surface area contributed by atoms with Gasteiger partial charge in [0.25, 0.3) is 0 Å². The number of aromatic nitrogens is 1. The second-order valence-electron chi connectivity index (χ2n) is 2.59. The molecule has 5 heteroatoms. The largest absolute Gasteiger partial charge is 0.477 e. The fourth-order valence-electron chi connectivity index (χ4n) is 1.12. The van der Waals surface area contributed by atoms with Gasteiger partial charge < -0.3 is 14.9 Å². The number of carbonyl (C=O) groups is 2. The number of rotatable bonds is 3. The first-order valence-corrected chi connectivity index (χ1v) is 4.69. The lowest BCUT2D eigenvalue weighted by molar-refractivity contribution is -0.107. The lowest BCUT2D eigenvalue weighted by atomic mass is 10.1. The molecule has 0 atom stereocenters. The van der Waals surface area contributed by atoms with Gasteiger partial charge in [-0.2, -0.15) is 0 Å². The van der Waals surface area contributed by atoms with Crippen molar-refractivity contribution >= 4 is 34.8 Å². The van der Waals surface area contributed by atoms with E-state index in [4.69, 9.17) is 5.11 Å². The highest BCUT2D eigenvalue weighted by Crippen LogP contribution is 2.19. The summed E-state index contributed by atoms with van der Waals surface area (Å²) in [5.74, 6) is -1.03. The van der Waals surface area contributed by atoms with Crippen LogP contribution in [0.25, 0.3) is 0 Å². The average molecular weight is 293 g/mol. The van der Waals surface area contributed by atoms with E-state index >= 15 is 0 Å². The summed E-state index contributed by atoms with van der Waals surface area (Å²) in [4.78, 5) is 23.7. The van der Waals surface area contributed by atoms with Crippen LogP contribution in [0.1, 0.15) is 21.6 Å². The van der Waals surface area contributed by atoms with E-state index in [0.29, 0.717) is 11.8 Å². The third-order valence-corrected chi connectivity index (χ3v) is 2.90. The second kappa shape index (κ2) is 3.91. The minimum Gasteiger partial charge on any atom is -0.477 e. The molecule has 0 aliphatic carbocycles. The van der Waals surface area contributed by atoms with Gasteiger partial charge in [0.15, 0.2) is 0 Å². The molecule has 0 fully saturated rings. The molecule has 1 heterocycles. The van der Waals surface area contributed by atoms with Crippen molar-refractivity contribution in [1.29, 1.82) is 0 Å². The summed E-state index contributed by atoms with van der Waals surface area (Å²) >= 11 is 2.01. The van der Waals surface area contributed by atoms with E-state index in [1.807, 2.05) is 22.6 Å². The van der Waals surface area contributed by atoms with Gasteiger partial charge in [-0.3, -0.25) is 0 Å². The molecule has 0 radical (unpaired) electrons. The number of halogens is 1. The number of aldehydes is 1. The van der Waals surface area contributed by atoms with Crippen molar-refractivity contribution in [3.8, 4) is 0 Å². The fourth-order valence-corrected chi connectivity index (χ4v) is 1.72. The number of hydrogen-bond acceptors (Lipinski definition) is 2. The molecule has 1 aromatic rings. The van der Waals surface area contributed by atoms with E-state index < -0.39 is 5.97 Å². The summed E-state index contributed by atoms with van der Waals surface area (Å²) in [5, 5.41) is 8.78. The number of carbonyl (C=O) groups excluding carboxylic acids is 1. The van der Waals surface area contributed by atoms with Gasteiger partial charge in [0.05, 0.1) is 3.70 Å². The van der Waals surface area contributed by atoms with Gasteiger partial charge in [-0.15, -0.1) is 0 Å². The van der Waals surface area contributed by atoms with Crippen LogP contribution in [0.15, 0.2) is 0 Å². The highest BCUT2D eigenvalue weighted by Gasteiger charge is 2.16. The number of carboxylic acid groups (broad SMARTS) is 1. The van der Waals surface area contributed by atoms with Crippen LogP contribution in [0.5, 0.6) is 0 Å². The maximum Gasteiger partial charge on any atom is 0.352 e. The Balaban J connectivity index is 3.25. The molecule has 0 unspecified atom stereocenters. The molecule has 0 amide bonds. The van der Waals surface area contributed by atoms with Crippen LogP contribution >= 0.6 is 22.6 Å². The van der Waals surface area contributed by atoms with Gasteiger partial charge in [-0.05, 0) is 40.6 Å². The predicted molar refractivity (Wildman–Crippen MR) is 55.0 cm³/mol. The molecule has 0 aliphatic rings. The summed E-state index contributed by atoms with van der Waals surface area (Å²) in [6.45, 7) is 1.80. The third kappa shape index (κ3) is 1.90. The van der Waals surface area contributed by atoms with Crippen molar-refractivity contribution in [3.63, 3.8) is 0 Å². The molecule has 0 aromatic carbocycles. The van der Waals surface area contributed by atoms with Gasteiger partial charge in [0.2, 0.25) is 0 Å². The van der Waals surface area contributed by atoms with Crippen LogP contribution < -0.4 is 0 Å². The SMILES string of the molecule is Cc1c(I)[nH]c(C(=O)O)c1CC=O. The molecule has 70 valence electrons. The summed E-state index contributed by atoms with van der Waals surface area (Å²) in [6, 6.07) is 0. The Hall–Kier alpha value is -0.850. The molecular weight excluding hydrogens is 285 g/mol. The number of aromatic carboxylic acids is 1. The lowest BCUT2D eigenvalue weighted by Crippen LogP contribution is -2.02. The summed E-state index contributed by atoms with van der Waals surface area (Å²) in [7, 11) is 0. The monoisotopic (exact) mass is 293 g/mol. The average Bonchev–Trinajstić information content (AvgIpc) is 2.33. The topological polar surface area (TPSA) is 70.2 Å². The number of hydrogen-bond donors (Lipinski definition) is 2. The van der Waals surface area contributed by atoms with Crippen LogP contribution in [-0.2, 0) is 11.2 Å². The van der Waals surface area contributed by atoms with E-state index in [1.54, 1.807) is 6.92 Å². The zero-order valence-corrected chi connectivity index (χ0v) is 9.08. The molecule has 2 N–H and O–H groups in total. The third-order valence-electron chi connectivity index (χ3n) is 1.82. The van der Waals surface area contributed by atoms with Gasteiger partial charge in [0, 0.05) is 6.42 Å². The minimum atomic E-state index is -1.03. The maximum atomic E-state index is 10.7. The Morgan fingerprint density at radius 1 is 1.69 bits per heavy atom. The van der Waals surface area contributed by atoms with E-state index in [9.17, 15) is 9.59 Å². The lowest BCUT2D eigenvalue weighted by Gasteiger charge is -1.95. The van der Waals surface area contributed by atoms with E-state index in [2.05, 4.69) is 4.98 Å². The smallest absolute Gasteiger partial charge is 0.352 e. The Kier molecular flexibility index (Phi) is 3.07. The Labute approximate surface area is 88.5 Å². The van der Waals surface area contributed by atoms with Gasteiger partial charge in [0.1, 0.15) is 12.0 Å². The van der Waals surface area contributed by atoms with Crippen molar-refractivity contribution in [2.45, 2.75) is 13.3 Å². The molecule has 0 saturated carbocycles. The summed E-state index contributed by atoms with van der Waals surface area (Å²) < 4.78 is 0.770. The zero-order valence-electron chi connectivity index (χ0n) is 6.93. The normalized spacial score (nSPS) is 10.0. The van der Waals surface area contributed by atoms with Crippen molar-refractivity contribution in [3.05, 3.63) is 20.5 Å². The minimum absolute atomic E-state index is 0.119. The molecule has 0 bridgehead atoms. The quantitative estimate of drug-likeness (QED) is 0.653. The van der Waals surface area contributed by atoms with Crippen LogP contribution in [0.2, 0.25) is 0 Å². The van der Waals surface area contributed by atoms with Crippen molar-refractivity contribution in [2.24, 2.45) is 0 Å². The van der Waals surface area contributed by atoms with Crippen LogP contribution in [0.4, 0.5) is 0 Å². The first-order valence-electron chi connectivity index (χ1n) is 3.61. The number of carboxylic acids is 1. The molecule has 1 rings (SSSR count). The molecule has 0 aliphatic heterocycles. The van der Waals surface area contributed by atoms with E-state index in [1.165, 1.54) is 0 Å². The van der Waals surface area contributed by atoms with E-state index in [0.717, 1.165) is 9.26 Å². The van der Waals surface area contributed by atoms with Crippen molar-refractivity contribution in [2.75, 3.05) is 0 Å². The van der Waals surface area contributed by atoms with Gasteiger partial charge >= 0.3 is 5.97 Å². The Morgan fingerprint density at radius 2 is 2.31 bits per heavy atom. The standard InChI is InChI=1S/C8H8INO3/c1-4-5(2-3-11)6(8(12)13)10-7(4)9/h3,10H,2H2,1H3,(H,12,13). The molecule has 13 heavy (non-hydrogen) atoms. The molecule has 0 spiro atoms. The summed E-state index contributed by atoms with van der Waals surface area (Å²) in [6.07, 6.45) is 0.853. The second-order valence-corrected chi connectivity index (χ2v) is 3.67. The Bertz CT molecular complexity index is 357. The maximum absolute atomic E-state index is 10.7. The van der Waals surface area contributed by atoms with Crippen molar-refractivity contribution in [1.82, 2.24) is 4.98 Å². The van der Waals surface area contributed by atoms with Crippen LogP contribution in [0.3, 0.4) is 0 Å². The number of nitrogens with one attached hydrogen (secondary N) is 1. The fraction of sp³-hybridized carbons (Fsp3) is 0.250. The highest BCUT2D eigenvalue weighted by atomic mass is 127. The number of aromatic amines is 1. The first-order chi connectivity index (χ1) is 6.07. The molecule has 0 saturated heterocycles. The first kappa shape index (κ1) is 10.2. The van der Waals surface area contributed by atoms with Crippen LogP contribution in [-0.4, -0.2) is 22.3 Å². The van der Waals surface area contributed by atoms with E-state index in [-0.39, 0.29) is 12.1 Å². The van der Waals surface area contributed by atoms with Crippen molar-refractivity contribution < 1.29 is 14.7 Å². The number of H-pyrrole nitrogens is 1.